The third kappa shape index (κ3) is 4.38. The van der Waals surface area contributed by atoms with Crippen LogP contribution in [-0.2, 0) is 6.42 Å². The molecule has 0 aliphatic carbocycles. The van der Waals surface area contributed by atoms with Gasteiger partial charge in [0.25, 0.3) is 0 Å². The van der Waals surface area contributed by atoms with Crippen molar-refractivity contribution in [3.8, 4) is 0 Å². The summed E-state index contributed by atoms with van der Waals surface area (Å²) in [5, 5.41) is 0. The molecule has 104 valence electrons. The summed E-state index contributed by atoms with van der Waals surface area (Å²) in [6, 6.07) is 19.5. The fourth-order valence-electron chi connectivity index (χ4n) is 2.36. The van der Waals surface area contributed by atoms with E-state index in [0.29, 0.717) is 5.92 Å². The molecule has 0 heteroatoms. The second-order valence-corrected chi connectivity index (χ2v) is 5.41. The number of hydrogen-bond acceptors (Lipinski definition) is 0. The quantitative estimate of drug-likeness (QED) is 0.614. The van der Waals surface area contributed by atoms with Crippen LogP contribution in [0.15, 0.2) is 60.7 Å². The van der Waals surface area contributed by atoms with Crippen LogP contribution in [0.1, 0.15) is 49.3 Å². The molecule has 2 aromatic rings. The lowest BCUT2D eigenvalue weighted by atomic mass is 9.99. The fraction of sp³-hybridized carbons (Fsp3) is 0.300. The Morgan fingerprint density at radius 3 is 2.55 bits per heavy atom. The Balaban J connectivity index is 2.03. The van der Waals surface area contributed by atoms with Gasteiger partial charge in [-0.25, -0.2) is 0 Å². The highest BCUT2D eigenvalue weighted by Gasteiger charge is 1.99. The highest BCUT2D eigenvalue weighted by Crippen LogP contribution is 2.18. The van der Waals surface area contributed by atoms with Gasteiger partial charge in [0.05, 0.1) is 0 Å². The van der Waals surface area contributed by atoms with E-state index < -0.39 is 0 Å². The molecule has 2 rings (SSSR count). The van der Waals surface area contributed by atoms with E-state index in [1.165, 1.54) is 36.0 Å². The van der Waals surface area contributed by atoms with Crippen molar-refractivity contribution in [1.82, 2.24) is 0 Å². The smallest absolute Gasteiger partial charge is 0.000711 e. The molecule has 0 saturated carbocycles. The van der Waals surface area contributed by atoms with Crippen LogP contribution < -0.4 is 0 Å². The summed E-state index contributed by atoms with van der Waals surface area (Å²) in [6.45, 7) is 4.48. The molecule has 0 aliphatic rings. The third-order valence-electron chi connectivity index (χ3n) is 3.67. The first-order valence-electron chi connectivity index (χ1n) is 7.61. The molecule has 0 heterocycles. The van der Waals surface area contributed by atoms with Crippen molar-refractivity contribution in [2.45, 2.75) is 39.0 Å². The SMILES string of the molecule is CCCCc1cccc(C=CC(C)c2ccccc2)c1. The van der Waals surface area contributed by atoms with Crippen molar-refractivity contribution in [3.05, 3.63) is 77.4 Å². The molecule has 0 spiro atoms. The number of aryl methyl sites for hydroxylation is 1. The molecule has 0 fully saturated rings. The molecule has 0 radical (unpaired) electrons. The van der Waals surface area contributed by atoms with Crippen LogP contribution >= 0.6 is 0 Å². The van der Waals surface area contributed by atoms with Gasteiger partial charge in [0.15, 0.2) is 0 Å². The average Bonchev–Trinajstić information content (AvgIpc) is 2.52. The third-order valence-corrected chi connectivity index (χ3v) is 3.67. The Labute approximate surface area is 123 Å². The van der Waals surface area contributed by atoms with E-state index in [-0.39, 0.29) is 0 Å². The predicted octanol–water partition coefficient (Wildman–Crippen LogP) is 5.85. The average molecular weight is 264 g/mol. The standard InChI is InChI=1S/C20H24/c1-3-4-9-18-10-8-11-19(16-18)15-14-17(2)20-12-6-5-7-13-20/h5-8,10-17H,3-4,9H2,1-2H3. The highest BCUT2D eigenvalue weighted by molar-refractivity contribution is 5.51. The molecule has 0 aliphatic heterocycles. The monoisotopic (exact) mass is 264 g/mol. The predicted molar refractivity (Wildman–Crippen MR) is 88.9 cm³/mol. The van der Waals surface area contributed by atoms with E-state index in [9.17, 15) is 0 Å². The van der Waals surface area contributed by atoms with E-state index in [4.69, 9.17) is 0 Å². The summed E-state index contributed by atoms with van der Waals surface area (Å²) in [5.41, 5.74) is 4.12. The minimum absolute atomic E-state index is 0.454. The minimum atomic E-state index is 0.454. The van der Waals surface area contributed by atoms with Gasteiger partial charge < -0.3 is 0 Å². The summed E-state index contributed by atoms with van der Waals surface area (Å²) in [4.78, 5) is 0. The Bertz CT molecular complexity index is 537. The van der Waals surface area contributed by atoms with Crippen molar-refractivity contribution in [3.63, 3.8) is 0 Å². The second-order valence-electron chi connectivity index (χ2n) is 5.41. The molecular formula is C20H24. The van der Waals surface area contributed by atoms with Crippen LogP contribution in [0.25, 0.3) is 6.08 Å². The lowest BCUT2D eigenvalue weighted by Crippen LogP contribution is -1.88. The normalized spacial score (nSPS) is 12.7. The number of unbranched alkanes of at least 4 members (excludes halogenated alkanes) is 1. The minimum Gasteiger partial charge on any atom is -0.0767 e. The van der Waals surface area contributed by atoms with E-state index in [0.717, 1.165) is 0 Å². The zero-order chi connectivity index (χ0) is 14.2. The molecule has 2 aromatic carbocycles. The maximum Gasteiger partial charge on any atom is -0.000711 e. The molecule has 1 atom stereocenters. The Morgan fingerprint density at radius 2 is 1.80 bits per heavy atom. The van der Waals surface area contributed by atoms with Crippen LogP contribution in [0, 0.1) is 0 Å². The molecule has 0 amide bonds. The van der Waals surface area contributed by atoms with Crippen molar-refractivity contribution in [2.24, 2.45) is 0 Å². The molecule has 0 aromatic heterocycles. The lowest BCUT2D eigenvalue weighted by Gasteiger charge is -2.06. The first-order chi connectivity index (χ1) is 9.79. The molecule has 1 unspecified atom stereocenters. The zero-order valence-corrected chi connectivity index (χ0v) is 12.5. The van der Waals surface area contributed by atoms with Gasteiger partial charge in [0.2, 0.25) is 0 Å². The number of benzene rings is 2. The van der Waals surface area contributed by atoms with E-state index in [2.05, 4.69) is 80.6 Å². The van der Waals surface area contributed by atoms with Crippen LogP contribution in [0.4, 0.5) is 0 Å². The summed E-state index contributed by atoms with van der Waals surface area (Å²) in [5.74, 6) is 0.454. The Hall–Kier alpha value is -1.82. The van der Waals surface area contributed by atoms with Gasteiger partial charge in [-0.3, -0.25) is 0 Å². The van der Waals surface area contributed by atoms with Crippen LogP contribution in [-0.4, -0.2) is 0 Å². The first kappa shape index (κ1) is 14.6. The van der Waals surface area contributed by atoms with Gasteiger partial charge >= 0.3 is 0 Å². The van der Waals surface area contributed by atoms with E-state index in [1.807, 2.05) is 0 Å². The highest BCUT2D eigenvalue weighted by atomic mass is 14.0. The van der Waals surface area contributed by atoms with Gasteiger partial charge in [-0.1, -0.05) is 87.0 Å². The van der Waals surface area contributed by atoms with Crippen molar-refractivity contribution >= 4 is 6.08 Å². The van der Waals surface area contributed by atoms with Crippen molar-refractivity contribution < 1.29 is 0 Å². The van der Waals surface area contributed by atoms with Gasteiger partial charge in [-0.15, -0.1) is 0 Å². The van der Waals surface area contributed by atoms with Crippen molar-refractivity contribution in [2.75, 3.05) is 0 Å². The molecule has 0 saturated heterocycles. The van der Waals surface area contributed by atoms with Crippen molar-refractivity contribution in [1.29, 1.82) is 0 Å². The molecule has 0 bridgehead atoms. The van der Waals surface area contributed by atoms with E-state index >= 15 is 0 Å². The fourth-order valence-corrected chi connectivity index (χ4v) is 2.36. The summed E-state index contributed by atoms with van der Waals surface area (Å²) in [7, 11) is 0. The zero-order valence-electron chi connectivity index (χ0n) is 12.5. The maximum atomic E-state index is 2.31. The van der Waals surface area contributed by atoms with Crippen LogP contribution in [0.5, 0.6) is 0 Å². The summed E-state index contributed by atoms with van der Waals surface area (Å²) >= 11 is 0. The maximum absolute atomic E-state index is 2.31. The largest absolute Gasteiger partial charge is 0.0767 e. The Morgan fingerprint density at radius 1 is 1.00 bits per heavy atom. The number of rotatable bonds is 6. The lowest BCUT2D eigenvalue weighted by molar-refractivity contribution is 0.795. The number of allylic oxidation sites excluding steroid dienone is 1. The van der Waals surface area contributed by atoms with Gasteiger partial charge in [0.1, 0.15) is 0 Å². The molecule has 0 N–H and O–H groups in total. The van der Waals surface area contributed by atoms with Gasteiger partial charge in [0, 0.05) is 0 Å². The van der Waals surface area contributed by atoms with Crippen LogP contribution in [0.3, 0.4) is 0 Å². The van der Waals surface area contributed by atoms with Gasteiger partial charge in [-0.05, 0) is 35.4 Å². The Kier molecular flexibility index (Phi) is 5.61. The number of hydrogen-bond donors (Lipinski definition) is 0. The summed E-state index contributed by atoms with van der Waals surface area (Å²) in [6.07, 6.45) is 8.24. The molecule has 0 nitrogen and oxygen atoms in total. The first-order valence-corrected chi connectivity index (χ1v) is 7.61. The van der Waals surface area contributed by atoms with Crippen LogP contribution in [0.2, 0.25) is 0 Å². The second kappa shape index (κ2) is 7.69. The molecular weight excluding hydrogens is 240 g/mol. The summed E-state index contributed by atoms with van der Waals surface area (Å²) < 4.78 is 0. The topological polar surface area (TPSA) is 0 Å². The van der Waals surface area contributed by atoms with Gasteiger partial charge in [-0.2, -0.15) is 0 Å². The van der Waals surface area contributed by atoms with E-state index in [1.54, 1.807) is 0 Å². The molecule has 20 heavy (non-hydrogen) atoms.